The first-order valence-electron chi connectivity index (χ1n) is 15.0. The van der Waals surface area contributed by atoms with Crippen LogP contribution in [0.25, 0.3) is 0 Å². The molecule has 4 N–H and O–H groups in total. The number of hydrogen-bond donors (Lipinski definition) is 4. The van der Waals surface area contributed by atoms with E-state index in [1.54, 1.807) is 30.5 Å². The molecule has 4 atom stereocenters. The Morgan fingerprint density at radius 1 is 0.826 bits per heavy atom. The summed E-state index contributed by atoms with van der Waals surface area (Å²) in [4.78, 5) is 50.5. The van der Waals surface area contributed by atoms with Gasteiger partial charge in [-0.05, 0) is 43.7 Å². The maximum absolute atomic E-state index is 13.6. The monoisotopic (exact) mass is 664 g/mol. The van der Waals surface area contributed by atoms with Crippen LogP contribution in [0.4, 0.5) is 9.59 Å². The van der Waals surface area contributed by atoms with Gasteiger partial charge in [0.2, 0.25) is 5.91 Å². The van der Waals surface area contributed by atoms with E-state index in [2.05, 4.69) is 25.9 Å². The highest BCUT2D eigenvalue weighted by Gasteiger charge is 2.29. The maximum Gasteiger partial charge on any atom is 0.407 e. The molecule has 0 aliphatic rings. The SMILES string of the molecule is CC(O)[C@H](NC(=O)N(C)Cc1cncs1)C(=O)N[C@H](CC[C@H](Cc1ccccc1)NC(=O)OCc1cncs1)Cc1ccccc1. The van der Waals surface area contributed by atoms with Crippen LogP contribution in [-0.4, -0.2) is 69.3 Å². The molecule has 4 aromatic rings. The molecule has 2 heterocycles. The molecule has 0 fully saturated rings. The van der Waals surface area contributed by atoms with Gasteiger partial charge >= 0.3 is 12.1 Å². The number of rotatable bonds is 16. The van der Waals surface area contributed by atoms with E-state index < -0.39 is 30.2 Å². The highest BCUT2D eigenvalue weighted by atomic mass is 32.1. The van der Waals surface area contributed by atoms with Gasteiger partial charge in [0, 0.05) is 36.4 Å². The molecule has 11 nitrogen and oxygen atoms in total. The highest BCUT2D eigenvalue weighted by molar-refractivity contribution is 7.09. The van der Waals surface area contributed by atoms with Crippen molar-refractivity contribution < 1.29 is 24.2 Å². The van der Waals surface area contributed by atoms with Gasteiger partial charge < -0.3 is 30.7 Å². The summed E-state index contributed by atoms with van der Waals surface area (Å²) in [5, 5.41) is 19.3. The normalized spacial score (nSPS) is 13.5. The Labute approximate surface area is 277 Å². The quantitative estimate of drug-likeness (QED) is 0.138. The molecule has 0 aliphatic carbocycles. The zero-order chi connectivity index (χ0) is 32.7. The number of aliphatic hydroxyl groups excluding tert-OH is 1. The van der Waals surface area contributed by atoms with E-state index in [4.69, 9.17) is 4.74 Å². The molecule has 244 valence electrons. The molecule has 0 saturated carbocycles. The van der Waals surface area contributed by atoms with Crippen LogP contribution in [0.5, 0.6) is 0 Å². The van der Waals surface area contributed by atoms with Gasteiger partial charge in [0.25, 0.3) is 0 Å². The summed E-state index contributed by atoms with van der Waals surface area (Å²) < 4.78 is 5.44. The molecule has 46 heavy (non-hydrogen) atoms. The number of amides is 4. The molecule has 2 aromatic heterocycles. The van der Waals surface area contributed by atoms with Gasteiger partial charge in [-0.15, -0.1) is 22.7 Å². The lowest BCUT2D eigenvalue weighted by Crippen LogP contribution is -2.56. The van der Waals surface area contributed by atoms with E-state index in [1.165, 1.54) is 34.5 Å². The third-order valence-electron chi connectivity index (χ3n) is 7.28. The van der Waals surface area contributed by atoms with Crippen LogP contribution in [0.2, 0.25) is 0 Å². The lowest BCUT2D eigenvalue weighted by atomic mass is 9.95. The summed E-state index contributed by atoms with van der Waals surface area (Å²) in [6, 6.07) is 17.3. The van der Waals surface area contributed by atoms with E-state index in [0.717, 1.165) is 20.9 Å². The van der Waals surface area contributed by atoms with Gasteiger partial charge in [-0.25, -0.2) is 9.59 Å². The van der Waals surface area contributed by atoms with Gasteiger partial charge in [-0.2, -0.15) is 0 Å². The number of carbonyl (C=O) groups is 3. The molecule has 4 amide bonds. The molecule has 4 rings (SSSR count). The number of urea groups is 1. The first-order chi connectivity index (χ1) is 22.3. The summed E-state index contributed by atoms with van der Waals surface area (Å²) in [7, 11) is 1.62. The van der Waals surface area contributed by atoms with Crippen molar-refractivity contribution in [1.82, 2.24) is 30.8 Å². The molecule has 1 unspecified atom stereocenters. The Hall–Kier alpha value is -4.33. The molecule has 0 saturated heterocycles. The number of nitrogens with one attached hydrogen (secondary N) is 3. The van der Waals surface area contributed by atoms with E-state index in [-0.39, 0.29) is 18.7 Å². The van der Waals surface area contributed by atoms with E-state index in [1.807, 2.05) is 60.7 Å². The van der Waals surface area contributed by atoms with Gasteiger partial charge in [0.15, 0.2) is 0 Å². The molecule has 0 aliphatic heterocycles. The molecule has 0 bridgehead atoms. The average Bonchev–Trinajstić information content (AvgIpc) is 3.77. The Morgan fingerprint density at radius 3 is 1.89 bits per heavy atom. The van der Waals surface area contributed by atoms with Crippen molar-refractivity contribution in [2.75, 3.05) is 7.05 Å². The number of aliphatic hydroxyl groups is 1. The van der Waals surface area contributed by atoms with Crippen molar-refractivity contribution in [2.24, 2.45) is 0 Å². The summed E-state index contributed by atoms with van der Waals surface area (Å²) in [5.74, 6) is -0.494. The van der Waals surface area contributed by atoms with Crippen molar-refractivity contribution in [3.05, 3.63) is 105 Å². The first kappa shape index (κ1) is 34.5. The molecular weight excluding hydrogens is 625 g/mol. The maximum atomic E-state index is 13.6. The van der Waals surface area contributed by atoms with E-state index in [9.17, 15) is 19.5 Å². The molecule has 2 aromatic carbocycles. The standard InChI is InChI=1S/C33H40N6O5S2/c1-23(40)30(38-32(42)39(2)19-28-17-34-21-45-28)31(41)36-26(15-24-9-5-3-6-10-24)13-14-27(16-25-11-7-4-8-12-25)37-33(43)44-20-29-18-35-22-46-29/h3-12,17-18,21-23,26-27,30,40H,13-16,19-20H2,1-2H3,(H,36,41)(H,37,43)(H,38,42)/t23?,26-,27-,30+/m1/s1. The van der Waals surface area contributed by atoms with E-state index in [0.29, 0.717) is 32.2 Å². The van der Waals surface area contributed by atoms with Crippen LogP contribution in [-0.2, 0) is 35.5 Å². The van der Waals surface area contributed by atoms with Crippen LogP contribution < -0.4 is 16.0 Å². The average molecular weight is 665 g/mol. The Morgan fingerprint density at radius 2 is 1.37 bits per heavy atom. The number of thiazole rings is 2. The Bertz CT molecular complexity index is 1470. The van der Waals surface area contributed by atoms with Crippen LogP contribution >= 0.6 is 22.7 Å². The second-order valence-electron chi connectivity index (χ2n) is 11.0. The second kappa shape index (κ2) is 18.0. The molecule has 13 heteroatoms. The number of nitrogens with zero attached hydrogens (tertiary/aromatic N) is 3. The van der Waals surface area contributed by atoms with Crippen LogP contribution in [0, 0.1) is 0 Å². The third kappa shape index (κ3) is 11.5. The zero-order valence-electron chi connectivity index (χ0n) is 25.9. The van der Waals surface area contributed by atoms with Crippen molar-refractivity contribution in [1.29, 1.82) is 0 Å². The minimum Gasteiger partial charge on any atom is -0.444 e. The first-order valence-corrected chi connectivity index (χ1v) is 16.8. The van der Waals surface area contributed by atoms with Gasteiger partial charge in [0.1, 0.15) is 12.6 Å². The lowest BCUT2D eigenvalue weighted by molar-refractivity contribution is -0.126. The fraction of sp³-hybridized carbons (Fsp3) is 0.364. The number of benzene rings is 2. The third-order valence-corrected chi connectivity index (χ3v) is 8.80. The summed E-state index contributed by atoms with van der Waals surface area (Å²) in [5.41, 5.74) is 5.44. The zero-order valence-corrected chi connectivity index (χ0v) is 27.5. The van der Waals surface area contributed by atoms with Crippen molar-refractivity contribution in [2.45, 2.75) is 70.0 Å². The second-order valence-corrected chi connectivity index (χ2v) is 13.0. The Balaban J connectivity index is 1.43. The van der Waals surface area contributed by atoms with Crippen LogP contribution in [0.3, 0.4) is 0 Å². The summed E-state index contributed by atoms with van der Waals surface area (Å²) in [6.07, 6.45) is 3.81. The van der Waals surface area contributed by atoms with Gasteiger partial charge in [-0.1, -0.05) is 60.7 Å². The predicted molar refractivity (Wildman–Crippen MR) is 178 cm³/mol. The van der Waals surface area contributed by atoms with Crippen molar-refractivity contribution in [3.8, 4) is 0 Å². The van der Waals surface area contributed by atoms with Crippen LogP contribution in [0.15, 0.2) is 84.1 Å². The lowest BCUT2D eigenvalue weighted by Gasteiger charge is -2.28. The van der Waals surface area contributed by atoms with Gasteiger partial charge in [0.05, 0.1) is 28.5 Å². The summed E-state index contributed by atoms with van der Waals surface area (Å²) in [6.45, 7) is 1.93. The molecular formula is C33H40N6O5S2. The smallest absolute Gasteiger partial charge is 0.407 e. The Kier molecular flexibility index (Phi) is 13.5. The number of ether oxygens (including phenoxy) is 1. The molecule has 0 spiro atoms. The minimum atomic E-state index is -1.17. The fourth-order valence-electron chi connectivity index (χ4n) is 4.87. The van der Waals surface area contributed by atoms with Crippen molar-refractivity contribution in [3.63, 3.8) is 0 Å². The minimum absolute atomic E-state index is 0.132. The van der Waals surface area contributed by atoms with E-state index >= 15 is 0 Å². The van der Waals surface area contributed by atoms with Gasteiger partial charge in [-0.3, -0.25) is 14.8 Å². The largest absolute Gasteiger partial charge is 0.444 e. The summed E-state index contributed by atoms with van der Waals surface area (Å²) >= 11 is 2.84. The van der Waals surface area contributed by atoms with Crippen LogP contribution in [0.1, 0.15) is 40.6 Å². The van der Waals surface area contributed by atoms with Crippen molar-refractivity contribution >= 4 is 40.7 Å². The fourth-order valence-corrected chi connectivity index (χ4v) is 6.03. The number of hydrogen-bond acceptors (Lipinski definition) is 9. The number of alkyl carbamates (subject to hydrolysis) is 1. The number of carbonyl (C=O) groups excluding carboxylic acids is 3. The topological polar surface area (TPSA) is 146 Å². The highest BCUT2D eigenvalue weighted by Crippen LogP contribution is 2.15. The molecule has 0 radical (unpaired) electrons. The number of aromatic nitrogens is 2. The predicted octanol–water partition coefficient (Wildman–Crippen LogP) is 4.54.